The molecule has 1 aromatic carbocycles. The molecule has 0 aliphatic heterocycles. The number of carbonyl (C=O) groups excluding carboxylic acids is 1. The molecule has 0 atom stereocenters. The molecule has 0 aromatic heterocycles. The number of methoxy groups -OCH3 is 1. The van der Waals surface area contributed by atoms with Gasteiger partial charge in [-0.15, -0.1) is 0 Å². The van der Waals surface area contributed by atoms with Gasteiger partial charge in [0.1, 0.15) is 5.75 Å². The van der Waals surface area contributed by atoms with Crippen molar-refractivity contribution in [2.45, 2.75) is 0 Å². The molecule has 1 N–H and O–H groups in total. The van der Waals surface area contributed by atoms with E-state index in [1.165, 1.54) is 25.3 Å². The molecule has 0 bridgehead atoms. The molecule has 0 unspecified atom stereocenters. The van der Waals surface area contributed by atoms with Crippen LogP contribution in [0.15, 0.2) is 18.2 Å². The van der Waals surface area contributed by atoms with Gasteiger partial charge in [-0.05, 0) is 18.2 Å². The Morgan fingerprint density at radius 2 is 2.17 bits per heavy atom. The van der Waals surface area contributed by atoms with E-state index in [-0.39, 0.29) is 11.3 Å². The van der Waals surface area contributed by atoms with Crippen molar-refractivity contribution in [2.75, 3.05) is 7.11 Å². The zero-order chi connectivity index (χ0) is 9.14. The standard InChI is InChI=1S/C8H7ClO3/c1-12-8(11)5-2-6(9)4-7(10)3-5/h2-4,10H,1H3. The van der Waals surface area contributed by atoms with Crippen LogP contribution in [0.5, 0.6) is 5.75 Å². The summed E-state index contributed by atoms with van der Waals surface area (Å²) in [5.41, 5.74) is 0.238. The topological polar surface area (TPSA) is 46.5 Å². The lowest BCUT2D eigenvalue weighted by atomic mass is 10.2. The number of carbonyl (C=O) groups is 1. The molecule has 0 aliphatic carbocycles. The molecule has 0 heterocycles. The highest BCUT2D eigenvalue weighted by molar-refractivity contribution is 6.31. The van der Waals surface area contributed by atoms with Gasteiger partial charge in [-0.1, -0.05) is 11.6 Å². The second-order valence-corrected chi connectivity index (χ2v) is 2.63. The van der Waals surface area contributed by atoms with Crippen LogP contribution in [-0.2, 0) is 4.74 Å². The third-order valence-corrected chi connectivity index (χ3v) is 1.52. The lowest BCUT2D eigenvalue weighted by Gasteiger charge is -2.00. The first-order valence-electron chi connectivity index (χ1n) is 3.21. The Labute approximate surface area is 74.5 Å². The van der Waals surface area contributed by atoms with Crippen LogP contribution in [0.1, 0.15) is 10.4 Å². The minimum absolute atomic E-state index is 0.0529. The van der Waals surface area contributed by atoms with E-state index in [4.69, 9.17) is 16.7 Å². The maximum Gasteiger partial charge on any atom is 0.338 e. The smallest absolute Gasteiger partial charge is 0.338 e. The minimum Gasteiger partial charge on any atom is -0.508 e. The van der Waals surface area contributed by atoms with Gasteiger partial charge < -0.3 is 9.84 Å². The van der Waals surface area contributed by atoms with Crippen LogP contribution in [0.3, 0.4) is 0 Å². The third kappa shape index (κ3) is 1.89. The summed E-state index contributed by atoms with van der Waals surface area (Å²) in [5, 5.41) is 9.35. The van der Waals surface area contributed by atoms with Crippen molar-refractivity contribution < 1.29 is 14.6 Å². The molecule has 0 amide bonds. The van der Waals surface area contributed by atoms with Gasteiger partial charge in [-0.3, -0.25) is 0 Å². The fraction of sp³-hybridized carbons (Fsp3) is 0.125. The molecule has 4 heteroatoms. The van der Waals surface area contributed by atoms with Gasteiger partial charge in [0.2, 0.25) is 0 Å². The maximum absolute atomic E-state index is 10.9. The van der Waals surface area contributed by atoms with E-state index in [9.17, 15) is 4.79 Å². The van der Waals surface area contributed by atoms with E-state index in [0.717, 1.165) is 0 Å². The first-order chi connectivity index (χ1) is 5.63. The summed E-state index contributed by atoms with van der Waals surface area (Å²) in [7, 11) is 1.26. The summed E-state index contributed by atoms with van der Waals surface area (Å²) < 4.78 is 4.44. The Morgan fingerprint density at radius 1 is 1.50 bits per heavy atom. The second-order valence-electron chi connectivity index (χ2n) is 2.19. The Hall–Kier alpha value is -1.22. The number of hydrogen-bond acceptors (Lipinski definition) is 3. The highest BCUT2D eigenvalue weighted by Crippen LogP contribution is 2.19. The molecule has 12 heavy (non-hydrogen) atoms. The number of rotatable bonds is 1. The predicted molar refractivity (Wildman–Crippen MR) is 44.5 cm³/mol. The largest absolute Gasteiger partial charge is 0.508 e. The molecule has 1 rings (SSSR count). The number of halogens is 1. The number of phenolic OH excluding ortho intramolecular Hbond substituents is 1. The predicted octanol–water partition coefficient (Wildman–Crippen LogP) is 1.83. The number of benzene rings is 1. The molecular formula is C8H7ClO3. The zero-order valence-corrected chi connectivity index (χ0v) is 7.13. The zero-order valence-electron chi connectivity index (χ0n) is 6.37. The Kier molecular flexibility index (Phi) is 2.55. The Balaban J connectivity index is 3.08. The lowest BCUT2D eigenvalue weighted by molar-refractivity contribution is 0.0600. The summed E-state index contributed by atoms with van der Waals surface area (Å²) in [6.45, 7) is 0. The number of ether oxygens (including phenoxy) is 1. The van der Waals surface area contributed by atoms with Gasteiger partial charge in [0.15, 0.2) is 0 Å². The minimum atomic E-state index is -0.521. The fourth-order valence-corrected chi connectivity index (χ4v) is 1.04. The van der Waals surface area contributed by atoms with E-state index in [0.29, 0.717) is 5.02 Å². The van der Waals surface area contributed by atoms with Gasteiger partial charge in [0.05, 0.1) is 12.7 Å². The highest BCUT2D eigenvalue weighted by Gasteiger charge is 2.06. The third-order valence-electron chi connectivity index (χ3n) is 1.30. The summed E-state index contributed by atoms with van der Waals surface area (Å²) in [5.74, 6) is -0.573. The second kappa shape index (κ2) is 3.45. The first-order valence-corrected chi connectivity index (χ1v) is 3.59. The van der Waals surface area contributed by atoms with Crippen molar-refractivity contribution in [1.29, 1.82) is 0 Å². The molecule has 0 radical (unpaired) electrons. The first kappa shape index (κ1) is 8.87. The number of phenols is 1. The molecule has 0 saturated carbocycles. The van der Waals surface area contributed by atoms with E-state index in [2.05, 4.69) is 4.74 Å². The van der Waals surface area contributed by atoms with Crippen molar-refractivity contribution >= 4 is 17.6 Å². The normalized spacial score (nSPS) is 9.50. The summed E-state index contributed by atoms with van der Waals surface area (Å²) in [6, 6.07) is 4.05. The van der Waals surface area contributed by atoms with Crippen LogP contribution in [-0.4, -0.2) is 18.2 Å². The fourth-order valence-electron chi connectivity index (χ4n) is 0.810. The molecule has 0 fully saturated rings. The Morgan fingerprint density at radius 3 is 2.67 bits per heavy atom. The summed E-state index contributed by atoms with van der Waals surface area (Å²) in [4.78, 5) is 10.9. The average molecular weight is 187 g/mol. The van der Waals surface area contributed by atoms with Crippen molar-refractivity contribution in [3.05, 3.63) is 28.8 Å². The molecule has 0 spiro atoms. The quantitative estimate of drug-likeness (QED) is 0.681. The lowest BCUT2D eigenvalue weighted by Crippen LogP contribution is -2.00. The number of aromatic hydroxyl groups is 1. The van der Waals surface area contributed by atoms with Crippen molar-refractivity contribution in [3.63, 3.8) is 0 Å². The number of esters is 1. The van der Waals surface area contributed by atoms with E-state index < -0.39 is 5.97 Å². The van der Waals surface area contributed by atoms with Gasteiger partial charge in [-0.25, -0.2) is 4.79 Å². The van der Waals surface area contributed by atoms with E-state index in [1.807, 2.05) is 0 Å². The molecule has 0 saturated heterocycles. The van der Waals surface area contributed by atoms with Crippen molar-refractivity contribution in [1.82, 2.24) is 0 Å². The van der Waals surface area contributed by atoms with Gasteiger partial charge in [0, 0.05) is 5.02 Å². The Bertz CT molecular complexity index is 289. The SMILES string of the molecule is COC(=O)c1cc(O)cc(Cl)c1. The van der Waals surface area contributed by atoms with Crippen molar-refractivity contribution in [3.8, 4) is 5.75 Å². The molecule has 64 valence electrons. The van der Waals surface area contributed by atoms with Crippen LogP contribution >= 0.6 is 11.6 Å². The molecule has 0 aliphatic rings. The van der Waals surface area contributed by atoms with Crippen LogP contribution in [0.25, 0.3) is 0 Å². The average Bonchev–Trinajstić information content (AvgIpc) is 2.01. The van der Waals surface area contributed by atoms with Crippen LogP contribution in [0.4, 0.5) is 0 Å². The monoisotopic (exact) mass is 186 g/mol. The number of hydrogen-bond donors (Lipinski definition) is 1. The summed E-state index contributed by atoms with van der Waals surface area (Å²) >= 11 is 5.58. The van der Waals surface area contributed by atoms with E-state index in [1.54, 1.807) is 0 Å². The van der Waals surface area contributed by atoms with Gasteiger partial charge in [-0.2, -0.15) is 0 Å². The molecule has 1 aromatic rings. The maximum atomic E-state index is 10.9. The molecule has 3 nitrogen and oxygen atoms in total. The summed E-state index contributed by atoms with van der Waals surface area (Å²) in [6.07, 6.45) is 0. The van der Waals surface area contributed by atoms with Gasteiger partial charge >= 0.3 is 5.97 Å². The molecular weight excluding hydrogens is 180 g/mol. The van der Waals surface area contributed by atoms with Crippen LogP contribution < -0.4 is 0 Å². The van der Waals surface area contributed by atoms with Gasteiger partial charge in [0.25, 0.3) is 0 Å². The van der Waals surface area contributed by atoms with Crippen LogP contribution in [0.2, 0.25) is 5.02 Å². The van der Waals surface area contributed by atoms with Crippen molar-refractivity contribution in [2.24, 2.45) is 0 Å². The van der Waals surface area contributed by atoms with E-state index >= 15 is 0 Å². The van der Waals surface area contributed by atoms with Crippen LogP contribution in [0, 0.1) is 0 Å². The highest BCUT2D eigenvalue weighted by atomic mass is 35.5.